The number of ether oxygens (including phenoxy) is 2. The van der Waals surface area contributed by atoms with Gasteiger partial charge in [0.15, 0.2) is 0 Å². The van der Waals surface area contributed by atoms with E-state index in [9.17, 15) is 4.79 Å². The molecule has 0 bridgehead atoms. The van der Waals surface area contributed by atoms with Gasteiger partial charge in [-0.3, -0.25) is 0 Å². The zero-order valence-electron chi connectivity index (χ0n) is 11.1. The number of hydrogen-bond acceptors (Lipinski definition) is 4. The number of carbonyl (C=O) groups excluding carboxylic acids is 1. The van der Waals surface area contributed by atoms with Crippen molar-refractivity contribution < 1.29 is 14.3 Å². The van der Waals surface area contributed by atoms with Gasteiger partial charge in [0.25, 0.3) is 0 Å². The van der Waals surface area contributed by atoms with Gasteiger partial charge in [-0.15, -0.1) is 0 Å². The smallest absolute Gasteiger partial charge is 0.337 e. The molecule has 0 unspecified atom stereocenters. The van der Waals surface area contributed by atoms with Crippen LogP contribution in [0.2, 0.25) is 0 Å². The minimum Gasteiger partial charge on any atom is -0.425 e. The molecule has 0 aromatic heterocycles. The van der Waals surface area contributed by atoms with E-state index in [1.54, 1.807) is 0 Å². The maximum atomic E-state index is 11.2. The van der Waals surface area contributed by atoms with E-state index >= 15 is 0 Å². The van der Waals surface area contributed by atoms with Crippen LogP contribution in [-0.4, -0.2) is 32.8 Å². The van der Waals surface area contributed by atoms with Gasteiger partial charge in [-0.25, -0.2) is 4.79 Å². The average molecular weight is 251 g/mol. The third-order valence-corrected chi connectivity index (χ3v) is 2.43. The van der Waals surface area contributed by atoms with Crippen LogP contribution in [0.15, 0.2) is 24.3 Å². The van der Waals surface area contributed by atoms with Crippen LogP contribution in [0.3, 0.4) is 0 Å². The van der Waals surface area contributed by atoms with E-state index in [1.165, 1.54) is 12.7 Å². The largest absolute Gasteiger partial charge is 0.425 e. The molecule has 4 nitrogen and oxygen atoms in total. The SMILES string of the molecule is CCCNCCc1ccc(OC(=O)COC)cc1. The van der Waals surface area contributed by atoms with Crippen LogP contribution in [0.5, 0.6) is 5.75 Å². The Balaban J connectivity index is 2.35. The molecule has 100 valence electrons. The summed E-state index contributed by atoms with van der Waals surface area (Å²) in [4.78, 5) is 11.2. The Bertz CT molecular complexity index is 349. The van der Waals surface area contributed by atoms with Crippen LogP contribution in [0, 0.1) is 0 Å². The lowest BCUT2D eigenvalue weighted by atomic mass is 10.1. The molecule has 0 saturated heterocycles. The Labute approximate surface area is 108 Å². The Morgan fingerprint density at radius 2 is 1.94 bits per heavy atom. The first-order valence-corrected chi connectivity index (χ1v) is 6.25. The van der Waals surface area contributed by atoms with Gasteiger partial charge in [-0.2, -0.15) is 0 Å². The van der Waals surface area contributed by atoms with E-state index < -0.39 is 0 Å². The molecule has 0 radical (unpaired) electrons. The third-order valence-electron chi connectivity index (χ3n) is 2.43. The first kappa shape index (κ1) is 14.7. The van der Waals surface area contributed by atoms with Crippen molar-refractivity contribution in [2.24, 2.45) is 0 Å². The lowest BCUT2D eigenvalue weighted by molar-refractivity contribution is -0.138. The average Bonchev–Trinajstić information content (AvgIpc) is 2.37. The van der Waals surface area contributed by atoms with Crippen molar-refractivity contribution in [3.8, 4) is 5.75 Å². The summed E-state index contributed by atoms with van der Waals surface area (Å²) in [7, 11) is 1.47. The normalized spacial score (nSPS) is 10.3. The fourth-order valence-corrected chi connectivity index (χ4v) is 1.54. The van der Waals surface area contributed by atoms with Crippen molar-refractivity contribution in [1.82, 2.24) is 5.32 Å². The fourth-order valence-electron chi connectivity index (χ4n) is 1.54. The van der Waals surface area contributed by atoms with E-state index in [0.29, 0.717) is 5.75 Å². The molecule has 4 heteroatoms. The second kappa shape index (κ2) is 8.66. The van der Waals surface area contributed by atoms with E-state index in [0.717, 1.165) is 25.9 Å². The molecule has 0 spiro atoms. The van der Waals surface area contributed by atoms with Crippen molar-refractivity contribution in [2.45, 2.75) is 19.8 Å². The highest BCUT2D eigenvalue weighted by Crippen LogP contribution is 2.12. The quantitative estimate of drug-likeness (QED) is 0.434. The van der Waals surface area contributed by atoms with Crippen molar-refractivity contribution in [2.75, 3.05) is 26.8 Å². The number of nitrogens with one attached hydrogen (secondary N) is 1. The molecule has 1 aromatic rings. The lowest BCUT2D eigenvalue weighted by Gasteiger charge is -2.06. The zero-order chi connectivity index (χ0) is 13.2. The van der Waals surface area contributed by atoms with Gasteiger partial charge in [-0.1, -0.05) is 19.1 Å². The number of rotatable bonds is 8. The Morgan fingerprint density at radius 3 is 2.56 bits per heavy atom. The summed E-state index contributed by atoms with van der Waals surface area (Å²) in [6.07, 6.45) is 2.13. The highest BCUT2D eigenvalue weighted by Gasteiger charge is 2.03. The van der Waals surface area contributed by atoms with Crippen LogP contribution in [-0.2, 0) is 16.0 Å². The van der Waals surface area contributed by atoms with E-state index in [-0.39, 0.29) is 12.6 Å². The van der Waals surface area contributed by atoms with Gasteiger partial charge in [-0.05, 0) is 43.6 Å². The van der Waals surface area contributed by atoms with Crippen LogP contribution in [0.1, 0.15) is 18.9 Å². The van der Waals surface area contributed by atoms with Gasteiger partial charge < -0.3 is 14.8 Å². The van der Waals surface area contributed by atoms with Gasteiger partial charge in [0, 0.05) is 7.11 Å². The summed E-state index contributed by atoms with van der Waals surface area (Å²) in [6, 6.07) is 7.57. The minimum atomic E-state index is -0.380. The fraction of sp³-hybridized carbons (Fsp3) is 0.500. The maximum Gasteiger partial charge on any atom is 0.337 e. The molecule has 1 aromatic carbocycles. The van der Waals surface area contributed by atoms with Crippen molar-refractivity contribution in [1.29, 1.82) is 0 Å². The molecule has 0 aliphatic rings. The molecule has 18 heavy (non-hydrogen) atoms. The predicted molar refractivity (Wildman–Crippen MR) is 70.8 cm³/mol. The van der Waals surface area contributed by atoms with Gasteiger partial charge in [0.1, 0.15) is 12.4 Å². The summed E-state index contributed by atoms with van der Waals surface area (Å²) in [5.41, 5.74) is 1.23. The van der Waals surface area contributed by atoms with Gasteiger partial charge >= 0.3 is 5.97 Å². The second-order valence-electron chi connectivity index (χ2n) is 4.05. The Hall–Kier alpha value is -1.39. The van der Waals surface area contributed by atoms with Gasteiger partial charge in [0.2, 0.25) is 0 Å². The molecule has 0 saturated carbocycles. The predicted octanol–water partition coefficient (Wildman–Crippen LogP) is 1.78. The molecule has 1 N–H and O–H groups in total. The molecule has 1 rings (SSSR count). The summed E-state index contributed by atoms with van der Waals surface area (Å²) in [6.45, 7) is 4.14. The van der Waals surface area contributed by atoms with Crippen LogP contribution >= 0.6 is 0 Å². The number of carbonyl (C=O) groups is 1. The summed E-state index contributed by atoms with van der Waals surface area (Å²) < 4.78 is 9.77. The topological polar surface area (TPSA) is 47.6 Å². The summed E-state index contributed by atoms with van der Waals surface area (Å²) in [5.74, 6) is 0.178. The molecular weight excluding hydrogens is 230 g/mol. The van der Waals surface area contributed by atoms with Crippen molar-refractivity contribution >= 4 is 5.97 Å². The second-order valence-corrected chi connectivity index (χ2v) is 4.05. The highest BCUT2D eigenvalue weighted by molar-refractivity contribution is 5.73. The van der Waals surface area contributed by atoms with Gasteiger partial charge in [0.05, 0.1) is 0 Å². The molecular formula is C14H21NO3. The van der Waals surface area contributed by atoms with Crippen LogP contribution < -0.4 is 10.1 Å². The van der Waals surface area contributed by atoms with E-state index in [4.69, 9.17) is 9.47 Å². The Kier molecular flexibility index (Phi) is 7.06. The maximum absolute atomic E-state index is 11.2. The van der Waals surface area contributed by atoms with Crippen molar-refractivity contribution in [3.63, 3.8) is 0 Å². The van der Waals surface area contributed by atoms with E-state index in [2.05, 4.69) is 12.2 Å². The standard InChI is InChI=1S/C14H21NO3/c1-3-9-15-10-8-12-4-6-13(7-5-12)18-14(16)11-17-2/h4-7,15H,3,8-11H2,1-2H3. The third kappa shape index (κ3) is 5.80. The molecule has 0 aliphatic carbocycles. The van der Waals surface area contributed by atoms with Crippen LogP contribution in [0.4, 0.5) is 0 Å². The zero-order valence-corrected chi connectivity index (χ0v) is 11.1. The number of hydrogen-bond donors (Lipinski definition) is 1. The minimum absolute atomic E-state index is 0.0251. The van der Waals surface area contributed by atoms with Crippen LogP contribution in [0.25, 0.3) is 0 Å². The molecule has 0 heterocycles. The first-order valence-electron chi connectivity index (χ1n) is 6.25. The molecule has 0 fully saturated rings. The number of esters is 1. The molecule has 0 atom stereocenters. The lowest BCUT2D eigenvalue weighted by Crippen LogP contribution is -2.17. The first-order chi connectivity index (χ1) is 8.76. The molecule has 0 aliphatic heterocycles. The molecule has 0 amide bonds. The van der Waals surface area contributed by atoms with E-state index in [1.807, 2.05) is 24.3 Å². The Morgan fingerprint density at radius 1 is 1.22 bits per heavy atom. The van der Waals surface area contributed by atoms with Crippen molar-refractivity contribution in [3.05, 3.63) is 29.8 Å². The monoisotopic (exact) mass is 251 g/mol. The summed E-state index contributed by atoms with van der Waals surface area (Å²) >= 11 is 0. The number of methoxy groups -OCH3 is 1. The summed E-state index contributed by atoms with van der Waals surface area (Å²) in [5, 5.41) is 3.35. The number of benzene rings is 1. The highest BCUT2D eigenvalue weighted by atomic mass is 16.6.